The van der Waals surface area contributed by atoms with Crippen molar-refractivity contribution in [3.8, 4) is 0 Å². The predicted octanol–water partition coefficient (Wildman–Crippen LogP) is 2.68. The highest BCUT2D eigenvalue weighted by Gasteiger charge is 2.40. The number of thiocarbonyl (C=S) groups is 1. The molecule has 0 radical (unpaired) electrons. The molecule has 0 aromatic heterocycles. The SMILES string of the molecule is FC(F)C(F)(F)CNC(=S)NC1CCCCC1. The second-order valence-corrected chi connectivity index (χ2v) is 4.63. The van der Waals surface area contributed by atoms with E-state index in [9.17, 15) is 17.6 Å². The zero-order valence-corrected chi connectivity index (χ0v) is 10.1. The lowest BCUT2D eigenvalue weighted by atomic mass is 9.96. The van der Waals surface area contributed by atoms with Gasteiger partial charge in [-0.15, -0.1) is 0 Å². The Labute approximate surface area is 103 Å². The third kappa shape index (κ3) is 5.06. The Morgan fingerprint density at radius 2 is 1.82 bits per heavy atom. The van der Waals surface area contributed by atoms with Gasteiger partial charge in [0, 0.05) is 6.04 Å². The Bertz CT molecular complexity index is 255. The van der Waals surface area contributed by atoms with Crippen molar-refractivity contribution in [1.29, 1.82) is 0 Å². The van der Waals surface area contributed by atoms with E-state index < -0.39 is 18.9 Å². The predicted molar refractivity (Wildman–Crippen MR) is 61.6 cm³/mol. The van der Waals surface area contributed by atoms with E-state index in [-0.39, 0.29) is 11.2 Å². The van der Waals surface area contributed by atoms with Crippen LogP contribution in [0.1, 0.15) is 32.1 Å². The highest BCUT2D eigenvalue weighted by molar-refractivity contribution is 7.80. The molecular formula is C10H16F4N2S. The van der Waals surface area contributed by atoms with Crippen LogP contribution in [0.25, 0.3) is 0 Å². The second kappa shape index (κ2) is 6.37. The fraction of sp³-hybridized carbons (Fsp3) is 0.900. The van der Waals surface area contributed by atoms with Gasteiger partial charge in [-0.1, -0.05) is 19.3 Å². The minimum atomic E-state index is -4.04. The lowest BCUT2D eigenvalue weighted by molar-refractivity contribution is -0.122. The number of halogens is 4. The summed E-state index contributed by atoms with van der Waals surface area (Å²) >= 11 is 4.79. The first-order valence-corrected chi connectivity index (χ1v) is 6.03. The summed E-state index contributed by atoms with van der Waals surface area (Å²) in [7, 11) is 0. The van der Waals surface area contributed by atoms with Crippen LogP contribution in [-0.4, -0.2) is 30.0 Å². The summed E-state index contributed by atoms with van der Waals surface area (Å²) in [6.07, 6.45) is 1.52. The molecule has 0 atom stereocenters. The van der Waals surface area contributed by atoms with E-state index in [0.29, 0.717) is 0 Å². The Balaban J connectivity index is 2.25. The van der Waals surface area contributed by atoms with Crippen LogP contribution < -0.4 is 10.6 Å². The van der Waals surface area contributed by atoms with Gasteiger partial charge in [-0.05, 0) is 25.1 Å². The van der Waals surface area contributed by atoms with Crippen LogP contribution in [0.3, 0.4) is 0 Å². The summed E-state index contributed by atoms with van der Waals surface area (Å²) < 4.78 is 48.9. The smallest absolute Gasteiger partial charge is 0.324 e. The molecule has 1 saturated carbocycles. The molecule has 0 aromatic rings. The third-order valence-corrected chi connectivity index (χ3v) is 3.01. The van der Waals surface area contributed by atoms with Crippen molar-refractivity contribution < 1.29 is 17.6 Å². The highest BCUT2D eigenvalue weighted by atomic mass is 32.1. The minimum Gasteiger partial charge on any atom is -0.360 e. The molecule has 17 heavy (non-hydrogen) atoms. The molecule has 0 heterocycles. The summed E-state index contributed by atoms with van der Waals surface area (Å²) in [6, 6.07) is 0.170. The first kappa shape index (κ1) is 14.5. The van der Waals surface area contributed by atoms with Crippen LogP contribution >= 0.6 is 12.2 Å². The van der Waals surface area contributed by atoms with Gasteiger partial charge in [-0.3, -0.25) is 0 Å². The van der Waals surface area contributed by atoms with Crippen molar-refractivity contribution in [2.45, 2.75) is 50.5 Å². The maximum absolute atomic E-state index is 12.6. The average Bonchev–Trinajstić information content (AvgIpc) is 2.28. The van der Waals surface area contributed by atoms with Gasteiger partial charge in [0.2, 0.25) is 0 Å². The number of hydrogen-bond acceptors (Lipinski definition) is 1. The van der Waals surface area contributed by atoms with E-state index in [2.05, 4.69) is 10.6 Å². The van der Waals surface area contributed by atoms with Gasteiger partial charge in [0.25, 0.3) is 0 Å². The Kier molecular flexibility index (Phi) is 5.42. The van der Waals surface area contributed by atoms with Gasteiger partial charge in [0.15, 0.2) is 5.11 Å². The van der Waals surface area contributed by atoms with E-state index in [1.165, 1.54) is 6.42 Å². The highest BCUT2D eigenvalue weighted by Crippen LogP contribution is 2.21. The zero-order chi connectivity index (χ0) is 12.9. The molecule has 0 amide bonds. The third-order valence-electron chi connectivity index (χ3n) is 2.74. The summed E-state index contributed by atoms with van der Waals surface area (Å²) in [6.45, 7) is -1.14. The van der Waals surface area contributed by atoms with Crippen molar-refractivity contribution in [1.82, 2.24) is 10.6 Å². The summed E-state index contributed by atoms with van der Waals surface area (Å²) in [5, 5.41) is 5.04. The standard InChI is InChI=1S/C10H16F4N2S/c11-8(12)10(13,14)6-15-9(17)16-7-4-2-1-3-5-7/h7-8H,1-6H2,(H2,15,16,17). The number of rotatable bonds is 4. The molecule has 2 nitrogen and oxygen atoms in total. The topological polar surface area (TPSA) is 24.1 Å². The maximum atomic E-state index is 12.6. The van der Waals surface area contributed by atoms with Gasteiger partial charge in [0.05, 0.1) is 6.54 Å². The minimum absolute atomic E-state index is 0.0252. The largest absolute Gasteiger partial charge is 0.360 e. The van der Waals surface area contributed by atoms with Crippen molar-refractivity contribution >= 4 is 17.3 Å². The van der Waals surface area contributed by atoms with Crippen LogP contribution in [-0.2, 0) is 0 Å². The van der Waals surface area contributed by atoms with Gasteiger partial charge < -0.3 is 10.6 Å². The van der Waals surface area contributed by atoms with Crippen molar-refractivity contribution in [2.75, 3.05) is 6.54 Å². The molecule has 0 bridgehead atoms. The van der Waals surface area contributed by atoms with Crippen LogP contribution in [0.2, 0.25) is 0 Å². The fourth-order valence-electron chi connectivity index (χ4n) is 1.76. The maximum Gasteiger partial charge on any atom is 0.324 e. The first-order chi connectivity index (χ1) is 7.92. The zero-order valence-electron chi connectivity index (χ0n) is 9.32. The number of hydrogen-bond donors (Lipinski definition) is 2. The van der Waals surface area contributed by atoms with Gasteiger partial charge >= 0.3 is 12.3 Å². The average molecular weight is 272 g/mol. The van der Waals surface area contributed by atoms with Crippen LogP contribution in [0, 0.1) is 0 Å². The Morgan fingerprint density at radius 3 is 2.35 bits per heavy atom. The van der Waals surface area contributed by atoms with Crippen molar-refractivity contribution in [3.63, 3.8) is 0 Å². The molecule has 1 aliphatic rings. The van der Waals surface area contributed by atoms with Gasteiger partial charge in [-0.2, -0.15) is 8.78 Å². The van der Waals surface area contributed by atoms with Crippen molar-refractivity contribution in [3.05, 3.63) is 0 Å². The van der Waals surface area contributed by atoms with E-state index in [1.54, 1.807) is 0 Å². The molecule has 0 spiro atoms. The Morgan fingerprint density at radius 1 is 1.24 bits per heavy atom. The molecule has 1 aliphatic carbocycles. The molecule has 2 N–H and O–H groups in total. The Hall–Kier alpha value is -0.590. The lowest BCUT2D eigenvalue weighted by Gasteiger charge is -2.25. The molecule has 0 aliphatic heterocycles. The molecule has 7 heteroatoms. The first-order valence-electron chi connectivity index (χ1n) is 5.62. The molecule has 0 unspecified atom stereocenters. The fourth-order valence-corrected chi connectivity index (χ4v) is 2.00. The van der Waals surface area contributed by atoms with E-state index in [4.69, 9.17) is 12.2 Å². The molecule has 1 fully saturated rings. The van der Waals surface area contributed by atoms with E-state index in [1.807, 2.05) is 0 Å². The monoisotopic (exact) mass is 272 g/mol. The molecule has 1 rings (SSSR count). The summed E-state index contributed by atoms with van der Waals surface area (Å²) in [5.74, 6) is -4.04. The molecular weight excluding hydrogens is 256 g/mol. The van der Waals surface area contributed by atoms with Gasteiger partial charge in [-0.25, -0.2) is 8.78 Å². The summed E-state index contributed by atoms with van der Waals surface area (Å²) in [5.41, 5.74) is 0. The van der Waals surface area contributed by atoms with Gasteiger partial charge in [0.1, 0.15) is 0 Å². The number of nitrogens with one attached hydrogen (secondary N) is 2. The van der Waals surface area contributed by atoms with Crippen LogP contribution in [0.5, 0.6) is 0 Å². The lowest BCUT2D eigenvalue weighted by Crippen LogP contribution is -2.48. The molecule has 0 aromatic carbocycles. The molecule has 100 valence electrons. The number of alkyl halides is 4. The van der Waals surface area contributed by atoms with Crippen molar-refractivity contribution in [2.24, 2.45) is 0 Å². The second-order valence-electron chi connectivity index (χ2n) is 4.22. The normalized spacial score (nSPS) is 18.2. The van der Waals surface area contributed by atoms with E-state index in [0.717, 1.165) is 25.7 Å². The van der Waals surface area contributed by atoms with Crippen LogP contribution in [0.15, 0.2) is 0 Å². The molecule has 0 saturated heterocycles. The van der Waals surface area contributed by atoms with Crippen LogP contribution in [0.4, 0.5) is 17.6 Å². The van der Waals surface area contributed by atoms with E-state index >= 15 is 0 Å². The quantitative estimate of drug-likeness (QED) is 0.608. The summed E-state index contributed by atoms with van der Waals surface area (Å²) in [4.78, 5) is 0.